The molecule has 2 saturated heterocycles. The number of ketones is 1. The van der Waals surface area contributed by atoms with Crippen LogP contribution in [0.3, 0.4) is 0 Å². The van der Waals surface area contributed by atoms with Crippen LogP contribution in [0.15, 0.2) is 48.0 Å². The quantitative estimate of drug-likeness (QED) is 0.346. The van der Waals surface area contributed by atoms with Crippen molar-refractivity contribution < 1.29 is 34.2 Å². The van der Waals surface area contributed by atoms with Crippen LogP contribution in [0.2, 0.25) is 5.02 Å². The van der Waals surface area contributed by atoms with E-state index in [4.69, 9.17) is 21.1 Å². The second-order valence-electron chi connectivity index (χ2n) is 8.38. The van der Waals surface area contributed by atoms with Gasteiger partial charge < -0.3 is 29.5 Å². The lowest BCUT2D eigenvalue weighted by molar-refractivity contribution is -0.908. The van der Waals surface area contributed by atoms with Crippen LogP contribution in [0, 0.1) is 0 Å². The predicted octanol–water partition coefficient (Wildman–Crippen LogP) is 1.15. The molecule has 4 rings (SSSR count). The molecular formula is C25H27ClN2O6. The molecule has 0 aromatic heterocycles. The van der Waals surface area contributed by atoms with Crippen LogP contribution < -0.4 is 14.7 Å². The summed E-state index contributed by atoms with van der Waals surface area (Å²) in [6.07, 6.45) is 0.677. The highest BCUT2D eigenvalue weighted by Gasteiger charge is 2.46. The number of halogens is 1. The Bertz CT molecular complexity index is 1100. The molecule has 0 radical (unpaired) electrons. The Morgan fingerprint density at radius 3 is 2.59 bits per heavy atom. The standard InChI is InChI=1S/C25H27ClN2O6/c1-33-20-15-17(5-8-19(20)29)22-21(23(30)16-3-6-18(26)7-4-16)24(31)25(32)28(22)10-2-9-27-11-13-34-14-12-27/h3-8,15,22,29-30H,2,9-14H2,1H3/b23-21-. The first-order chi connectivity index (χ1) is 16.4. The number of benzene rings is 2. The highest BCUT2D eigenvalue weighted by Crippen LogP contribution is 2.41. The number of rotatable bonds is 7. The Balaban J connectivity index is 1.70. The molecule has 0 spiro atoms. The maximum absolute atomic E-state index is 13.1. The smallest absolute Gasteiger partial charge is 0.295 e. The number of hydrogen-bond donors (Lipinski definition) is 2. The fraction of sp³-hybridized carbons (Fsp3) is 0.360. The van der Waals surface area contributed by atoms with Crippen molar-refractivity contribution in [3.63, 3.8) is 0 Å². The van der Waals surface area contributed by atoms with Gasteiger partial charge in [-0.3, -0.25) is 9.59 Å². The van der Waals surface area contributed by atoms with Crippen molar-refractivity contribution in [3.8, 4) is 11.5 Å². The summed E-state index contributed by atoms with van der Waals surface area (Å²) >= 11 is 5.96. The molecule has 180 valence electrons. The van der Waals surface area contributed by atoms with Gasteiger partial charge in [-0.1, -0.05) is 29.5 Å². The van der Waals surface area contributed by atoms with Crippen LogP contribution in [0.4, 0.5) is 0 Å². The predicted molar refractivity (Wildman–Crippen MR) is 124 cm³/mol. The molecule has 1 unspecified atom stereocenters. The lowest BCUT2D eigenvalue weighted by Crippen LogP contribution is -3.14. The number of aliphatic hydroxyl groups excluding tert-OH is 1. The summed E-state index contributed by atoms with van der Waals surface area (Å²) in [4.78, 5) is 29.1. The molecule has 9 heteroatoms. The van der Waals surface area contributed by atoms with Crippen molar-refractivity contribution in [1.82, 2.24) is 4.90 Å². The Morgan fingerprint density at radius 1 is 1.21 bits per heavy atom. The monoisotopic (exact) mass is 486 g/mol. The van der Waals surface area contributed by atoms with Gasteiger partial charge in [0.1, 0.15) is 24.6 Å². The third-order valence-corrected chi connectivity index (χ3v) is 6.54. The zero-order chi connectivity index (χ0) is 24.2. The second-order valence-corrected chi connectivity index (χ2v) is 8.81. The van der Waals surface area contributed by atoms with E-state index in [1.165, 1.54) is 29.0 Å². The topological polar surface area (TPSA) is 104 Å². The van der Waals surface area contributed by atoms with Crippen LogP contribution in [-0.2, 0) is 14.3 Å². The van der Waals surface area contributed by atoms with Gasteiger partial charge in [0.15, 0.2) is 0 Å². The van der Waals surface area contributed by atoms with Crippen LogP contribution in [0.25, 0.3) is 5.76 Å². The molecule has 2 heterocycles. The Labute approximate surface area is 202 Å². The summed E-state index contributed by atoms with van der Waals surface area (Å²) in [7, 11) is 1.39. The lowest BCUT2D eigenvalue weighted by atomic mass is 9.95. The fourth-order valence-corrected chi connectivity index (χ4v) is 4.61. The molecule has 34 heavy (non-hydrogen) atoms. The molecule has 2 fully saturated rings. The number of hydrogen-bond acceptors (Lipinski definition) is 6. The number of likely N-dealkylation sites (tertiary alicyclic amines) is 1. The number of amides is 1. The molecule has 1 amide bonds. The van der Waals surface area contributed by atoms with E-state index >= 15 is 0 Å². The summed E-state index contributed by atoms with van der Waals surface area (Å²) in [5.74, 6) is -1.93. The first-order valence-electron chi connectivity index (χ1n) is 11.2. The van der Waals surface area contributed by atoms with Crippen molar-refractivity contribution in [1.29, 1.82) is 0 Å². The first kappa shape index (κ1) is 24.1. The highest BCUT2D eigenvalue weighted by atomic mass is 35.5. The zero-order valence-corrected chi connectivity index (χ0v) is 19.6. The molecule has 2 aromatic carbocycles. The number of aliphatic hydroxyl groups is 1. The summed E-state index contributed by atoms with van der Waals surface area (Å²) in [5.41, 5.74) is 0.870. The van der Waals surface area contributed by atoms with E-state index in [-0.39, 0.29) is 22.8 Å². The number of morpholine rings is 1. The molecule has 1 atom stereocenters. The molecule has 2 aliphatic rings. The van der Waals surface area contributed by atoms with E-state index in [1.54, 1.807) is 30.3 Å². The minimum absolute atomic E-state index is 0.0215. The van der Waals surface area contributed by atoms with E-state index in [9.17, 15) is 19.8 Å². The number of methoxy groups -OCH3 is 1. The van der Waals surface area contributed by atoms with Crippen molar-refractivity contribution in [3.05, 3.63) is 64.2 Å². The highest BCUT2D eigenvalue weighted by molar-refractivity contribution is 6.46. The molecule has 2 aliphatic heterocycles. The van der Waals surface area contributed by atoms with E-state index in [0.29, 0.717) is 42.3 Å². The first-order valence-corrected chi connectivity index (χ1v) is 11.6. The van der Waals surface area contributed by atoms with Gasteiger partial charge in [0, 0.05) is 23.6 Å². The average Bonchev–Trinajstić information content (AvgIpc) is 3.10. The number of quaternary nitrogens is 1. The fourth-order valence-electron chi connectivity index (χ4n) is 4.48. The average molecular weight is 487 g/mol. The van der Waals surface area contributed by atoms with Gasteiger partial charge in [-0.05, 0) is 35.9 Å². The molecule has 0 bridgehead atoms. The van der Waals surface area contributed by atoms with Crippen LogP contribution >= 0.6 is 11.6 Å². The van der Waals surface area contributed by atoms with Gasteiger partial charge in [-0.25, -0.2) is 0 Å². The van der Waals surface area contributed by atoms with E-state index < -0.39 is 17.7 Å². The van der Waals surface area contributed by atoms with Gasteiger partial charge in [-0.15, -0.1) is 0 Å². The van der Waals surface area contributed by atoms with E-state index in [2.05, 4.69) is 0 Å². The molecule has 8 nitrogen and oxygen atoms in total. The van der Waals surface area contributed by atoms with Crippen molar-refractivity contribution in [2.24, 2.45) is 0 Å². The summed E-state index contributed by atoms with van der Waals surface area (Å²) < 4.78 is 10.6. The minimum Gasteiger partial charge on any atom is -0.870 e. The Kier molecular flexibility index (Phi) is 7.41. The number of nitrogens with one attached hydrogen (secondary N) is 1. The second kappa shape index (κ2) is 10.5. The number of Topliss-reactive ketones (excluding diaryl/α,β-unsaturated/α-hetero) is 1. The van der Waals surface area contributed by atoms with Gasteiger partial charge in [0.05, 0.1) is 38.5 Å². The van der Waals surface area contributed by atoms with Gasteiger partial charge >= 0.3 is 0 Å². The van der Waals surface area contributed by atoms with Crippen LogP contribution in [0.1, 0.15) is 23.6 Å². The summed E-state index contributed by atoms with van der Waals surface area (Å²) in [6, 6.07) is 9.96. The van der Waals surface area contributed by atoms with Crippen molar-refractivity contribution in [2.75, 3.05) is 46.5 Å². The number of carbonyl (C=O) groups is 2. The van der Waals surface area contributed by atoms with Crippen molar-refractivity contribution >= 4 is 29.1 Å². The number of carbonyl (C=O) groups excluding carboxylic acids is 2. The summed E-state index contributed by atoms with van der Waals surface area (Å²) in [6.45, 7) is 4.39. The SMILES string of the molecule is COc1cc(C2/C(=C(/O)c3ccc(Cl)cc3)C(=O)C(=O)N2CCC[NH+]2CCOCC2)ccc1[O-]. The van der Waals surface area contributed by atoms with Crippen LogP contribution in [0.5, 0.6) is 11.5 Å². The maximum atomic E-state index is 13.1. The molecule has 2 aromatic rings. The minimum atomic E-state index is -0.843. The van der Waals surface area contributed by atoms with Gasteiger partial charge in [-0.2, -0.15) is 0 Å². The third kappa shape index (κ3) is 4.89. The zero-order valence-electron chi connectivity index (χ0n) is 18.9. The van der Waals surface area contributed by atoms with E-state index in [0.717, 1.165) is 19.6 Å². The molecule has 2 N–H and O–H groups in total. The van der Waals surface area contributed by atoms with Crippen LogP contribution in [-0.4, -0.2) is 68.2 Å². The lowest BCUT2D eigenvalue weighted by Gasteiger charge is -2.28. The van der Waals surface area contributed by atoms with Gasteiger partial charge in [0.2, 0.25) is 0 Å². The molecule has 0 aliphatic carbocycles. The summed E-state index contributed by atoms with van der Waals surface area (Å²) in [5, 5.41) is 23.7. The third-order valence-electron chi connectivity index (χ3n) is 6.29. The number of nitrogens with zero attached hydrogens (tertiary/aromatic N) is 1. The van der Waals surface area contributed by atoms with E-state index in [1.807, 2.05) is 0 Å². The Morgan fingerprint density at radius 2 is 1.91 bits per heavy atom. The van der Waals surface area contributed by atoms with Crippen molar-refractivity contribution in [2.45, 2.75) is 12.5 Å². The molecular weight excluding hydrogens is 460 g/mol. The Hall–Kier alpha value is -3.07. The largest absolute Gasteiger partial charge is 0.870 e. The van der Waals surface area contributed by atoms with Gasteiger partial charge in [0.25, 0.3) is 11.7 Å². The maximum Gasteiger partial charge on any atom is 0.295 e. The molecule has 0 saturated carbocycles. The number of ether oxygens (including phenoxy) is 2. The normalized spacial score (nSPS) is 20.6.